The molecule has 1 aromatic rings. The van der Waals surface area contributed by atoms with Crippen molar-refractivity contribution in [3.63, 3.8) is 0 Å². The predicted octanol–water partition coefficient (Wildman–Crippen LogP) is 3.54. The molecule has 7 nitrogen and oxygen atoms in total. The molecule has 3 aliphatic heterocycles. The van der Waals surface area contributed by atoms with E-state index in [2.05, 4.69) is 43.4 Å². The van der Waals surface area contributed by atoms with E-state index in [1.54, 1.807) is 6.26 Å². The number of furan rings is 1. The number of hydrogen-bond donors (Lipinski definition) is 2. The van der Waals surface area contributed by atoms with Crippen molar-refractivity contribution in [1.29, 1.82) is 0 Å². The second kappa shape index (κ2) is 13.3. The van der Waals surface area contributed by atoms with Crippen LogP contribution in [0.5, 0.6) is 0 Å². The van der Waals surface area contributed by atoms with Crippen LogP contribution in [0.2, 0.25) is 0 Å². The molecular weight excluding hydrogens is 527 g/mol. The molecule has 0 aliphatic carbocycles. The highest BCUT2D eigenvalue weighted by Crippen LogP contribution is 2.31. The Morgan fingerprint density at radius 1 is 1.00 bits per heavy atom. The number of hydrogen-bond acceptors (Lipinski definition) is 5. The normalized spacial score (nSPS) is 24.1. The van der Waals surface area contributed by atoms with Crippen LogP contribution in [0.15, 0.2) is 27.8 Å². The van der Waals surface area contributed by atoms with Gasteiger partial charge in [0.1, 0.15) is 5.76 Å². The second-order valence-electron chi connectivity index (χ2n) is 10.0. The first-order chi connectivity index (χ1) is 15.7. The number of nitrogens with zero attached hydrogens (tertiary/aromatic N) is 4. The van der Waals surface area contributed by atoms with Gasteiger partial charge in [0.25, 0.3) is 0 Å². The number of guanidine groups is 1. The summed E-state index contributed by atoms with van der Waals surface area (Å²) in [6.07, 6.45) is 12.2. The van der Waals surface area contributed by atoms with Crippen LogP contribution in [0.1, 0.15) is 63.2 Å². The van der Waals surface area contributed by atoms with Gasteiger partial charge in [-0.2, -0.15) is 0 Å². The zero-order valence-corrected chi connectivity index (χ0v) is 23.1. The smallest absolute Gasteiger partial charge is 0.191 e. The Hall–Kier alpha value is -0.840. The zero-order chi connectivity index (χ0) is 22.2. The molecule has 0 aromatic carbocycles. The van der Waals surface area contributed by atoms with E-state index in [-0.39, 0.29) is 35.6 Å². The van der Waals surface area contributed by atoms with Crippen molar-refractivity contribution in [2.75, 3.05) is 66.5 Å². The van der Waals surface area contributed by atoms with Gasteiger partial charge in [0.2, 0.25) is 0 Å². The van der Waals surface area contributed by atoms with E-state index in [4.69, 9.17) is 4.42 Å². The van der Waals surface area contributed by atoms with E-state index in [9.17, 15) is 0 Å². The SMILES string of the molecule is CN=C(NCC(c1ccco1)N1CCCCC1)NCC1(N2CCCCC2)CCN(C)CC1.I. The first-order valence-corrected chi connectivity index (χ1v) is 12.9. The summed E-state index contributed by atoms with van der Waals surface area (Å²) in [4.78, 5) is 12.4. The van der Waals surface area contributed by atoms with Crippen LogP contribution < -0.4 is 10.6 Å². The average Bonchev–Trinajstić information content (AvgIpc) is 3.38. The number of nitrogens with one attached hydrogen (secondary N) is 2. The van der Waals surface area contributed by atoms with Crippen LogP contribution in [-0.4, -0.2) is 92.7 Å². The van der Waals surface area contributed by atoms with E-state index < -0.39 is 0 Å². The lowest BCUT2D eigenvalue weighted by Crippen LogP contribution is -2.62. The summed E-state index contributed by atoms with van der Waals surface area (Å²) >= 11 is 0. The first-order valence-electron chi connectivity index (χ1n) is 12.9. The Kier molecular flexibility index (Phi) is 10.8. The van der Waals surface area contributed by atoms with Gasteiger partial charge >= 0.3 is 0 Å². The number of aliphatic imine (C=N–C) groups is 1. The quantitative estimate of drug-likeness (QED) is 0.296. The van der Waals surface area contributed by atoms with Crippen LogP contribution in [0, 0.1) is 0 Å². The second-order valence-corrected chi connectivity index (χ2v) is 10.0. The Morgan fingerprint density at radius 2 is 1.67 bits per heavy atom. The molecule has 8 heteroatoms. The molecule has 1 unspecified atom stereocenters. The van der Waals surface area contributed by atoms with Crippen molar-refractivity contribution < 1.29 is 4.42 Å². The van der Waals surface area contributed by atoms with Gasteiger partial charge in [-0.15, -0.1) is 24.0 Å². The minimum atomic E-state index is 0. The lowest BCUT2D eigenvalue weighted by molar-refractivity contribution is 0.0173. The molecule has 0 saturated carbocycles. The number of likely N-dealkylation sites (tertiary alicyclic amines) is 3. The Balaban J connectivity index is 0.00000306. The number of piperidine rings is 3. The predicted molar refractivity (Wildman–Crippen MR) is 147 cm³/mol. The summed E-state index contributed by atoms with van der Waals surface area (Å²) in [5.41, 5.74) is 0.248. The van der Waals surface area contributed by atoms with Gasteiger partial charge in [0, 0.05) is 25.7 Å². The molecule has 2 N–H and O–H groups in total. The monoisotopic (exact) mass is 572 g/mol. The van der Waals surface area contributed by atoms with Crippen molar-refractivity contribution in [1.82, 2.24) is 25.3 Å². The largest absolute Gasteiger partial charge is 0.468 e. The highest BCUT2D eigenvalue weighted by atomic mass is 127. The molecular formula is C25H45IN6O. The van der Waals surface area contributed by atoms with Crippen LogP contribution in [-0.2, 0) is 0 Å². The van der Waals surface area contributed by atoms with Gasteiger partial charge in [0.05, 0.1) is 12.3 Å². The third kappa shape index (κ3) is 7.08. The summed E-state index contributed by atoms with van der Waals surface area (Å²) < 4.78 is 5.82. The summed E-state index contributed by atoms with van der Waals surface area (Å²) in [5, 5.41) is 7.36. The van der Waals surface area contributed by atoms with E-state index in [1.807, 2.05) is 13.1 Å². The molecule has 4 heterocycles. The highest BCUT2D eigenvalue weighted by molar-refractivity contribution is 14.0. The third-order valence-corrected chi connectivity index (χ3v) is 7.92. The summed E-state index contributed by atoms with van der Waals surface area (Å²) in [7, 11) is 4.14. The minimum Gasteiger partial charge on any atom is -0.468 e. The molecule has 188 valence electrons. The fourth-order valence-electron chi connectivity index (χ4n) is 5.79. The van der Waals surface area contributed by atoms with Gasteiger partial charge in [0.15, 0.2) is 5.96 Å². The lowest BCUT2D eigenvalue weighted by atomic mass is 9.84. The maximum absolute atomic E-state index is 5.82. The maximum Gasteiger partial charge on any atom is 0.191 e. The molecule has 3 fully saturated rings. The van der Waals surface area contributed by atoms with Crippen LogP contribution in [0.3, 0.4) is 0 Å². The summed E-state index contributed by atoms with van der Waals surface area (Å²) in [5.74, 6) is 1.96. The Labute approximate surface area is 217 Å². The van der Waals surface area contributed by atoms with E-state index in [0.717, 1.165) is 37.9 Å². The van der Waals surface area contributed by atoms with E-state index in [1.165, 1.54) is 77.5 Å². The zero-order valence-electron chi connectivity index (χ0n) is 20.7. The molecule has 4 rings (SSSR count). The van der Waals surface area contributed by atoms with Crippen LogP contribution in [0.25, 0.3) is 0 Å². The van der Waals surface area contributed by atoms with Crippen LogP contribution >= 0.6 is 24.0 Å². The van der Waals surface area contributed by atoms with Crippen molar-refractivity contribution in [3.05, 3.63) is 24.2 Å². The average molecular weight is 573 g/mol. The fourth-order valence-corrected chi connectivity index (χ4v) is 5.79. The number of halogens is 1. The molecule has 1 aromatic heterocycles. The molecule has 1 atom stereocenters. The summed E-state index contributed by atoms with van der Waals surface area (Å²) in [6, 6.07) is 4.37. The van der Waals surface area contributed by atoms with Crippen molar-refractivity contribution in [3.8, 4) is 0 Å². The molecule has 33 heavy (non-hydrogen) atoms. The minimum absolute atomic E-state index is 0. The molecule has 0 bridgehead atoms. The fraction of sp³-hybridized carbons (Fsp3) is 0.800. The maximum atomic E-state index is 5.82. The molecule has 3 aliphatic rings. The molecule has 0 amide bonds. The van der Waals surface area contributed by atoms with E-state index in [0.29, 0.717) is 0 Å². The van der Waals surface area contributed by atoms with Crippen molar-refractivity contribution in [2.45, 2.75) is 62.9 Å². The van der Waals surface area contributed by atoms with Gasteiger partial charge in [-0.1, -0.05) is 12.8 Å². The first kappa shape index (κ1) is 26.8. The van der Waals surface area contributed by atoms with Crippen molar-refractivity contribution >= 4 is 29.9 Å². The Bertz CT molecular complexity index is 692. The lowest BCUT2D eigenvalue weighted by Gasteiger charge is -2.50. The van der Waals surface area contributed by atoms with E-state index >= 15 is 0 Å². The molecule has 0 spiro atoms. The Morgan fingerprint density at radius 3 is 2.27 bits per heavy atom. The standard InChI is InChI=1S/C25H44N6O.HI/c1-26-24(27-20-22(23-10-9-19-32-23)30-13-5-3-6-14-30)28-21-25(11-17-29(2)18-12-25)31-15-7-4-8-16-31;/h9-10,19,22H,3-8,11-18,20-21H2,1-2H3,(H2,26,27,28);1H. The molecule has 3 saturated heterocycles. The number of rotatable bonds is 7. The van der Waals surface area contributed by atoms with Gasteiger partial charge < -0.3 is 20.0 Å². The topological polar surface area (TPSA) is 59.3 Å². The highest BCUT2D eigenvalue weighted by Gasteiger charge is 2.39. The summed E-state index contributed by atoms with van der Waals surface area (Å²) in [6.45, 7) is 8.91. The van der Waals surface area contributed by atoms with Crippen LogP contribution in [0.4, 0.5) is 0 Å². The molecule has 0 radical (unpaired) electrons. The van der Waals surface area contributed by atoms with Gasteiger partial charge in [-0.05, 0) is 97.0 Å². The van der Waals surface area contributed by atoms with Gasteiger partial charge in [-0.25, -0.2) is 0 Å². The third-order valence-electron chi connectivity index (χ3n) is 7.92. The van der Waals surface area contributed by atoms with Crippen molar-refractivity contribution in [2.24, 2.45) is 4.99 Å². The van der Waals surface area contributed by atoms with Gasteiger partial charge in [-0.3, -0.25) is 14.8 Å².